The van der Waals surface area contributed by atoms with Crippen molar-refractivity contribution in [1.82, 2.24) is 9.97 Å². The molecule has 0 radical (unpaired) electrons. The Hall–Kier alpha value is -3.28. The molecule has 156 valence electrons. The molecule has 6 nitrogen and oxygen atoms in total. The van der Waals surface area contributed by atoms with Gasteiger partial charge in [0.2, 0.25) is 5.91 Å². The maximum atomic E-state index is 12.7. The second kappa shape index (κ2) is 9.48. The minimum atomic E-state index is -0.215. The molecule has 0 saturated heterocycles. The molecule has 0 aliphatic rings. The Bertz CT molecular complexity index is 1060. The molecule has 3 aromatic rings. The molecule has 6 heteroatoms. The molecule has 0 atom stereocenters. The van der Waals surface area contributed by atoms with Crippen LogP contribution in [0.25, 0.3) is 11.0 Å². The monoisotopic (exact) mass is 404 g/mol. The van der Waals surface area contributed by atoms with Gasteiger partial charge in [-0.2, -0.15) is 0 Å². The number of nitrogens with zero attached hydrogens (tertiary/aromatic N) is 2. The minimum Gasteiger partial charge on any atom is -0.326 e. The lowest BCUT2D eigenvalue weighted by Crippen LogP contribution is -2.14. The van der Waals surface area contributed by atoms with Crippen LogP contribution in [0.15, 0.2) is 42.5 Å². The van der Waals surface area contributed by atoms with Gasteiger partial charge in [0.1, 0.15) is 0 Å². The normalized spacial score (nSPS) is 11.0. The first kappa shape index (κ1) is 21.4. The molecule has 0 aliphatic carbocycles. The first-order valence-electron chi connectivity index (χ1n) is 10.4. The summed E-state index contributed by atoms with van der Waals surface area (Å²) in [6, 6.07) is 12.5. The minimum absolute atomic E-state index is 0.0169. The predicted molar refractivity (Wildman–Crippen MR) is 121 cm³/mol. The van der Waals surface area contributed by atoms with E-state index in [9.17, 15) is 9.59 Å². The van der Waals surface area contributed by atoms with Crippen LogP contribution in [0.4, 0.5) is 11.4 Å². The molecule has 1 heterocycles. The van der Waals surface area contributed by atoms with Gasteiger partial charge in [0.15, 0.2) is 0 Å². The number of anilines is 2. The van der Waals surface area contributed by atoms with Gasteiger partial charge in [-0.3, -0.25) is 9.59 Å². The number of carbonyl (C=O) groups excluding carboxylic acids is 2. The average Bonchev–Trinajstić information content (AvgIpc) is 2.73. The molecule has 3 rings (SSSR count). The summed E-state index contributed by atoms with van der Waals surface area (Å²) in [5, 5.41) is 5.75. The van der Waals surface area contributed by atoms with E-state index in [2.05, 4.69) is 29.5 Å². The molecule has 30 heavy (non-hydrogen) atoms. The van der Waals surface area contributed by atoms with Crippen molar-refractivity contribution in [3.05, 3.63) is 59.4 Å². The van der Waals surface area contributed by atoms with Crippen LogP contribution in [0.3, 0.4) is 0 Å². The van der Waals surface area contributed by atoms with Gasteiger partial charge in [0.05, 0.1) is 22.4 Å². The summed E-state index contributed by atoms with van der Waals surface area (Å²) in [7, 11) is 0. The molecule has 1 aromatic heterocycles. The highest BCUT2D eigenvalue weighted by Crippen LogP contribution is 2.19. The van der Waals surface area contributed by atoms with E-state index in [0.717, 1.165) is 35.3 Å². The van der Waals surface area contributed by atoms with E-state index in [-0.39, 0.29) is 11.8 Å². The van der Waals surface area contributed by atoms with Gasteiger partial charge in [-0.05, 0) is 61.2 Å². The van der Waals surface area contributed by atoms with E-state index >= 15 is 0 Å². The number of aromatic nitrogens is 2. The fourth-order valence-electron chi connectivity index (χ4n) is 3.26. The van der Waals surface area contributed by atoms with Crippen molar-refractivity contribution >= 4 is 34.2 Å². The molecule has 0 fully saturated rings. The molecular weight excluding hydrogens is 376 g/mol. The SMILES string of the molecule is CCc1nc2ccc(C(=O)Nc3ccc(NC(=O)CC(C)C)cc3)cc2nc1CC. The number of nitrogens with one attached hydrogen (secondary N) is 2. The number of rotatable bonds is 7. The average molecular weight is 405 g/mol. The molecule has 2 N–H and O–H groups in total. The van der Waals surface area contributed by atoms with E-state index in [4.69, 9.17) is 4.98 Å². The molecule has 2 amide bonds. The second-order valence-corrected chi connectivity index (χ2v) is 7.71. The van der Waals surface area contributed by atoms with E-state index in [1.807, 2.05) is 19.9 Å². The van der Waals surface area contributed by atoms with Crippen LogP contribution in [-0.4, -0.2) is 21.8 Å². The summed E-state index contributed by atoms with van der Waals surface area (Å²) in [6.07, 6.45) is 2.12. The molecule has 0 aliphatic heterocycles. The van der Waals surface area contributed by atoms with Gasteiger partial charge in [-0.1, -0.05) is 27.7 Å². The highest BCUT2D eigenvalue weighted by atomic mass is 16.2. The zero-order valence-electron chi connectivity index (χ0n) is 18.0. The number of fused-ring (bicyclic) bond motifs is 1. The second-order valence-electron chi connectivity index (χ2n) is 7.71. The van der Waals surface area contributed by atoms with Gasteiger partial charge in [-0.15, -0.1) is 0 Å². The zero-order valence-corrected chi connectivity index (χ0v) is 18.0. The number of amides is 2. The first-order chi connectivity index (χ1) is 14.4. The number of hydrogen-bond acceptors (Lipinski definition) is 4. The van der Waals surface area contributed by atoms with Crippen molar-refractivity contribution in [3.63, 3.8) is 0 Å². The van der Waals surface area contributed by atoms with Gasteiger partial charge in [0, 0.05) is 23.4 Å². The summed E-state index contributed by atoms with van der Waals surface area (Å²) in [4.78, 5) is 33.9. The van der Waals surface area contributed by atoms with Gasteiger partial charge in [-0.25, -0.2) is 9.97 Å². The number of benzene rings is 2. The lowest BCUT2D eigenvalue weighted by atomic mass is 10.1. The Balaban J connectivity index is 1.72. The van der Waals surface area contributed by atoms with Crippen LogP contribution in [0, 0.1) is 5.92 Å². The summed E-state index contributed by atoms with van der Waals surface area (Å²) >= 11 is 0. The standard InChI is InChI=1S/C24H28N4O2/c1-5-19-20(6-2)28-22-14-16(7-12-21(22)27-19)24(30)26-18-10-8-17(9-11-18)25-23(29)13-15(3)4/h7-12,14-15H,5-6,13H2,1-4H3,(H,25,29)(H,26,30). The summed E-state index contributed by atoms with van der Waals surface area (Å²) in [5.74, 6) is 0.0711. The number of hydrogen-bond donors (Lipinski definition) is 2. The fourth-order valence-corrected chi connectivity index (χ4v) is 3.26. The summed E-state index contributed by atoms with van der Waals surface area (Å²) < 4.78 is 0. The van der Waals surface area contributed by atoms with E-state index in [1.54, 1.807) is 36.4 Å². The summed E-state index contributed by atoms with van der Waals surface area (Å²) in [5.41, 5.74) is 5.38. The maximum absolute atomic E-state index is 12.7. The van der Waals surface area contributed by atoms with Crippen LogP contribution in [0.5, 0.6) is 0 Å². The molecule has 0 unspecified atom stereocenters. The third-order valence-electron chi connectivity index (χ3n) is 4.77. The Labute approximate surface area is 177 Å². The Morgan fingerprint density at radius 1 is 0.833 bits per heavy atom. The van der Waals surface area contributed by atoms with Crippen molar-refractivity contribution in [2.75, 3.05) is 10.6 Å². The molecular formula is C24H28N4O2. The zero-order chi connectivity index (χ0) is 21.7. The summed E-state index contributed by atoms with van der Waals surface area (Å²) in [6.45, 7) is 8.13. The van der Waals surface area contributed by atoms with Crippen LogP contribution in [-0.2, 0) is 17.6 Å². The van der Waals surface area contributed by atoms with Crippen molar-refractivity contribution in [2.24, 2.45) is 5.92 Å². The first-order valence-corrected chi connectivity index (χ1v) is 10.4. The van der Waals surface area contributed by atoms with Crippen LogP contribution in [0.1, 0.15) is 55.9 Å². The number of carbonyl (C=O) groups is 2. The molecule has 2 aromatic carbocycles. The third-order valence-corrected chi connectivity index (χ3v) is 4.77. The maximum Gasteiger partial charge on any atom is 0.255 e. The lowest BCUT2D eigenvalue weighted by Gasteiger charge is -2.10. The molecule has 0 spiro atoms. The topological polar surface area (TPSA) is 84.0 Å². The number of aryl methyl sites for hydroxylation is 2. The van der Waals surface area contributed by atoms with Gasteiger partial charge >= 0.3 is 0 Å². The highest BCUT2D eigenvalue weighted by molar-refractivity contribution is 6.06. The van der Waals surface area contributed by atoms with Gasteiger partial charge < -0.3 is 10.6 Å². The Morgan fingerprint density at radius 2 is 1.40 bits per heavy atom. The van der Waals surface area contributed by atoms with Crippen LogP contribution < -0.4 is 10.6 Å². The van der Waals surface area contributed by atoms with Crippen molar-refractivity contribution < 1.29 is 9.59 Å². The van der Waals surface area contributed by atoms with E-state index in [1.165, 1.54) is 0 Å². The van der Waals surface area contributed by atoms with E-state index < -0.39 is 0 Å². The lowest BCUT2D eigenvalue weighted by molar-refractivity contribution is -0.116. The Morgan fingerprint density at radius 3 is 1.97 bits per heavy atom. The largest absolute Gasteiger partial charge is 0.326 e. The highest BCUT2D eigenvalue weighted by Gasteiger charge is 2.11. The van der Waals surface area contributed by atoms with E-state index in [0.29, 0.717) is 29.3 Å². The Kier molecular flexibility index (Phi) is 6.77. The quantitative estimate of drug-likeness (QED) is 0.581. The third kappa shape index (κ3) is 5.20. The molecule has 0 saturated carbocycles. The van der Waals surface area contributed by atoms with Crippen LogP contribution >= 0.6 is 0 Å². The smallest absolute Gasteiger partial charge is 0.255 e. The van der Waals surface area contributed by atoms with Crippen molar-refractivity contribution in [1.29, 1.82) is 0 Å². The van der Waals surface area contributed by atoms with Crippen molar-refractivity contribution in [2.45, 2.75) is 47.0 Å². The predicted octanol–water partition coefficient (Wildman–Crippen LogP) is 4.99. The van der Waals surface area contributed by atoms with Crippen LogP contribution in [0.2, 0.25) is 0 Å². The fraction of sp³-hybridized carbons (Fsp3) is 0.333. The van der Waals surface area contributed by atoms with Gasteiger partial charge in [0.25, 0.3) is 5.91 Å². The van der Waals surface area contributed by atoms with Crippen molar-refractivity contribution in [3.8, 4) is 0 Å². The molecule has 0 bridgehead atoms.